The van der Waals surface area contributed by atoms with Gasteiger partial charge in [-0.3, -0.25) is 14.3 Å². The molecular formula is C7H6F2N2O2. The smallest absolute Gasteiger partial charge is 0.291 e. The number of hydrogen-bond donors (Lipinski definition) is 1. The zero-order chi connectivity index (χ0) is 9.64. The molecule has 1 aliphatic rings. The summed E-state index contributed by atoms with van der Waals surface area (Å²) >= 11 is 0. The number of aromatic nitrogens is 2. The highest BCUT2D eigenvalue weighted by atomic mass is 19.3. The molecule has 6 heteroatoms. The van der Waals surface area contributed by atoms with Crippen molar-refractivity contribution in [1.29, 1.82) is 0 Å². The highest BCUT2D eigenvalue weighted by Crippen LogP contribution is 2.35. The summed E-state index contributed by atoms with van der Waals surface area (Å²) in [5, 5.41) is 0. The van der Waals surface area contributed by atoms with Crippen molar-refractivity contribution in [2.75, 3.05) is 0 Å². The lowest BCUT2D eigenvalue weighted by Gasteiger charge is -2.07. The highest BCUT2D eigenvalue weighted by molar-refractivity contribution is 5.12. The molecule has 2 heterocycles. The molecule has 0 aromatic carbocycles. The van der Waals surface area contributed by atoms with Gasteiger partial charge in [-0.1, -0.05) is 0 Å². The molecule has 0 amide bonds. The first kappa shape index (κ1) is 8.15. The zero-order valence-corrected chi connectivity index (χ0v) is 6.51. The molecule has 0 bridgehead atoms. The second-order valence-electron chi connectivity index (χ2n) is 2.93. The number of halogens is 2. The van der Waals surface area contributed by atoms with Crippen LogP contribution in [0.1, 0.15) is 12.1 Å². The standard InChI is InChI=1S/C7H6F2N2O2/c8-7(9)1-2-11-4(7)3-5(12)10-6(11)13/h3H,1-2H2,(H,10,12,13). The van der Waals surface area contributed by atoms with Crippen molar-refractivity contribution in [3.05, 3.63) is 32.6 Å². The van der Waals surface area contributed by atoms with Crippen molar-refractivity contribution >= 4 is 0 Å². The summed E-state index contributed by atoms with van der Waals surface area (Å²) in [5.41, 5.74) is -2.03. The Balaban J connectivity index is 2.79. The lowest BCUT2D eigenvalue weighted by Crippen LogP contribution is -2.30. The predicted molar refractivity (Wildman–Crippen MR) is 39.8 cm³/mol. The largest absolute Gasteiger partial charge is 0.328 e. The number of aromatic amines is 1. The number of nitrogens with one attached hydrogen (secondary N) is 1. The van der Waals surface area contributed by atoms with Gasteiger partial charge in [0.1, 0.15) is 0 Å². The Labute approximate surface area is 70.8 Å². The van der Waals surface area contributed by atoms with E-state index in [4.69, 9.17) is 0 Å². The number of fused-ring (bicyclic) bond motifs is 1. The summed E-state index contributed by atoms with van der Waals surface area (Å²) < 4.78 is 26.9. The van der Waals surface area contributed by atoms with Crippen LogP contribution < -0.4 is 11.2 Å². The number of alkyl halides is 2. The monoisotopic (exact) mass is 188 g/mol. The van der Waals surface area contributed by atoms with Crippen LogP contribution in [0.5, 0.6) is 0 Å². The molecule has 0 fully saturated rings. The first-order valence-electron chi connectivity index (χ1n) is 3.73. The Hall–Kier alpha value is -1.46. The molecule has 0 radical (unpaired) electrons. The number of rotatable bonds is 0. The average Bonchev–Trinajstić information content (AvgIpc) is 2.28. The molecule has 0 saturated carbocycles. The fraction of sp³-hybridized carbons (Fsp3) is 0.429. The zero-order valence-electron chi connectivity index (χ0n) is 6.51. The average molecular weight is 188 g/mol. The number of nitrogens with zero attached hydrogens (tertiary/aromatic N) is 1. The normalized spacial score (nSPS) is 18.6. The molecule has 1 aromatic heterocycles. The molecule has 0 unspecified atom stereocenters. The maximum absolute atomic E-state index is 13.0. The predicted octanol–water partition coefficient (Wildman–Crippen LogP) is 0.0321. The highest BCUT2D eigenvalue weighted by Gasteiger charge is 2.40. The minimum absolute atomic E-state index is 0.0437. The van der Waals surface area contributed by atoms with Gasteiger partial charge in [0.25, 0.3) is 11.5 Å². The number of H-pyrrole nitrogens is 1. The van der Waals surface area contributed by atoms with Crippen LogP contribution in [0.15, 0.2) is 15.7 Å². The summed E-state index contributed by atoms with van der Waals surface area (Å²) in [4.78, 5) is 23.7. The molecule has 1 N–H and O–H groups in total. The third-order valence-electron chi connectivity index (χ3n) is 2.06. The van der Waals surface area contributed by atoms with Crippen molar-refractivity contribution in [2.24, 2.45) is 0 Å². The van der Waals surface area contributed by atoms with Gasteiger partial charge < -0.3 is 0 Å². The lowest BCUT2D eigenvalue weighted by atomic mass is 10.2. The molecule has 1 aromatic rings. The summed E-state index contributed by atoms with van der Waals surface area (Å²) in [6, 6.07) is 0.772. The molecule has 70 valence electrons. The number of hydrogen-bond acceptors (Lipinski definition) is 2. The van der Waals surface area contributed by atoms with Gasteiger partial charge in [-0.2, -0.15) is 8.78 Å². The minimum atomic E-state index is -3.05. The second-order valence-corrected chi connectivity index (χ2v) is 2.93. The van der Waals surface area contributed by atoms with Crippen LogP contribution in [-0.2, 0) is 12.5 Å². The third kappa shape index (κ3) is 1.09. The first-order valence-corrected chi connectivity index (χ1v) is 3.73. The van der Waals surface area contributed by atoms with Crippen molar-refractivity contribution in [3.63, 3.8) is 0 Å². The van der Waals surface area contributed by atoms with Crippen LogP contribution in [-0.4, -0.2) is 9.55 Å². The molecule has 2 rings (SSSR count). The van der Waals surface area contributed by atoms with Gasteiger partial charge in [0.2, 0.25) is 0 Å². The van der Waals surface area contributed by atoms with E-state index in [0.29, 0.717) is 0 Å². The summed E-state index contributed by atoms with van der Waals surface area (Å²) in [6.45, 7) is -0.0437. The van der Waals surface area contributed by atoms with Gasteiger partial charge in [0.15, 0.2) is 0 Å². The molecule has 0 aliphatic carbocycles. The summed E-state index contributed by atoms with van der Waals surface area (Å²) in [7, 11) is 0. The Bertz CT molecular complexity index is 460. The SMILES string of the molecule is O=c1cc2n(c(=O)[nH]1)CCC2(F)F. The van der Waals surface area contributed by atoms with E-state index in [9.17, 15) is 18.4 Å². The van der Waals surface area contributed by atoms with Gasteiger partial charge >= 0.3 is 5.69 Å². The summed E-state index contributed by atoms with van der Waals surface area (Å²) in [6.07, 6.45) is -0.417. The van der Waals surface area contributed by atoms with Crippen LogP contribution in [0, 0.1) is 0 Å². The van der Waals surface area contributed by atoms with Crippen LogP contribution in [0.3, 0.4) is 0 Å². The molecule has 0 saturated heterocycles. The van der Waals surface area contributed by atoms with Gasteiger partial charge in [-0.05, 0) is 0 Å². The van der Waals surface area contributed by atoms with Crippen molar-refractivity contribution in [2.45, 2.75) is 18.9 Å². The van der Waals surface area contributed by atoms with Gasteiger partial charge in [-0.25, -0.2) is 4.79 Å². The molecule has 1 aliphatic heterocycles. The Morgan fingerprint density at radius 3 is 2.85 bits per heavy atom. The molecular weight excluding hydrogens is 182 g/mol. The van der Waals surface area contributed by atoms with E-state index in [1.54, 1.807) is 0 Å². The van der Waals surface area contributed by atoms with Crippen LogP contribution in [0.4, 0.5) is 8.78 Å². The Morgan fingerprint density at radius 1 is 1.46 bits per heavy atom. The van der Waals surface area contributed by atoms with Crippen LogP contribution >= 0.6 is 0 Å². The van der Waals surface area contributed by atoms with E-state index >= 15 is 0 Å². The lowest BCUT2D eigenvalue weighted by molar-refractivity contribution is -0.00243. The van der Waals surface area contributed by atoms with Crippen molar-refractivity contribution in [3.8, 4) is 0 Å². The van der Waals surface area contributed by atoms with Crippen LogP contribution in [0.25, 0.3) is 0 Å². The van der Waals surface area contributed by atoms with E-state index in [1.807, 2.05) is 4.98 Å². The second kappa shape index (κ2) is 2.27. The van der Waals surface area contributed by atoms with Gasteiger partial charge in [-0.15, -0.1) is 0 Å². The Kier molecular flexibility index (Phi) is 1.43. The van der Waals surface area contributed by atoms with Crippen molar-refractivity contribution < 1.29 is 8.78 Å². The minimum Gasteiger partial charge on any atom is -0.291 e. The fourth-order valence-corrected chi connectivity index (χ4v) is 1.43. The van der Waals surface area contributed by atoms with Gasteiger partial charge in [0.05, 0.1) is 5.69 Å². The molecule has 13 heavy (non-hydrogen) atoms. The molecule has 0 atom stereocenters. The maximum Gasteiger partial charge on any atom is 0.328 e. The van der Waals surface area contributed by atoms with E-state index in [2.05, 4.69) is 0 Å². The fourth-order valence-electron chi connectivity index (χ4n) is 1.43. The van der Waals surface area contributed by atoms with Gasteiger partial charge in [0, 0.05) is 19.0 Å². The van der Waals surface area contributed by atoms with E-state index in [0.717, 1.165) is 10.6 Å². The van der Waals surface area contributed by atoms with Crippen LogP contribution in [0.2, 0.25) is 0 Å². The molecule has 0 spiro atoms. The molecule has 4 nitrogen and oxygen atoms in total. The maximum atomic E-state index is 13.0. The summed E-state index contributed by atoms with van der Waals surface area (Å²) in [5.74, 6) is -3.05. The topological polar surface area (TPSA) is 54.9 Å². The Morgan fingerprint density at radius 2 is 2.15 bits per heavy atom. The third-order valence-corrected chi connectivity index (χ3v) is 2.06. The van der Waals surface area contributed by atoms with E-state index in [1.165, 1.54) is 0 Å². The first-order chi connectivity index (χ1) is 6.00. The quantitative estimate of drug-likeness (QED) is 0.624. The van der Waals surface area contributed by atoms with Crippen molar-refractivity contribution in [1.82, 2.24) is 9.55 Å². The van der Waals surface area contributed by atoms with E-state index in [-0.39, 0.29) is 6.54 Å². The van der Waals surface area contributed by atoms with E-state index < -0.39 is 29.3 Å².